The molecule has 26 heavy (non-hydrogen) atoms. The molecular formula is C20H19BF3NO. The summed E-state index contributed by atoms with van der Waals surface area (Å²) in [5, 5.41) is 0. The van der Waals surface area contributed by atoms with Crippen LogP contribution in [0.15, 0.2) is 71.9 Å². The molecule has 0 amide bonds. The number of benzene rings is 2. The first-order valence-corrected chi connectivity index (χ1v) is 8.26. The molecule has 0 fully saturated rings. The van der Waals surface area contributed by atoms with E-state index in [2.05, 4.69) is 0 Å². The average molecular weight is 357 g/mol. The number of anilines is 1. The summed E-state index contributed by atoms with van der Waals surface area (Å²) in [6, 6.07) is 13.1. The van der Waals surface area contributed by atoms with Crippen molar-refractivity contribution in [1.29, 1.82) is 0 Å². The second kappa shape index (κ2) is 6.94. The number of alkyl halides is 3. The summed E-state index contributed by atoms with van der Waals surface area (Å²) < 4.78 is 43.4. The van der Waals surface area contributed by atoms with Gasteiger partial charge in [-0.15, -0.1) is 0 Å². The molecule has 0 saturated carbocycles. The number of hydrogen-bond acceptors (Lipinski definition) is 2. The van der Waals surface area contributed by atoms with Crippen LogP contribution >= 0.6 is 0 Å². The quantitative estimate of drug-likeness (QED) is 0.731. The van der Waals surface area contributed by atoms with Crippen molar-refractivity contribution in [2.24, 2.45) is 0 Å². The van der Waals surface area contributed by atoms with Crippen LogP contribution in [-0.4, -0.2) is 13.8 Å². The van der Waals surface area contributed by atoms with Gasteiger partial charge in [-0.3, -0.25) is 0 Å². The van der Waals surface area contributed by atoms with Gasteiger partial charge >= 0.3 is 6.18 Å². The summed E-state index contributed by atoms with van der Waals surface area (Å²) in [5.74, 6) is 0.805. The molecule has 0 radical (unpaired) electrons. The van der Waals surface area contributed by atoms with Crippen LogP contribution in [0.5, 0.6) is 5.75 Å². The number of nitrogens with zero attached hydrogens (tertiary/aromatic N) is 1. The predicted octanol–water partition coefficient (Wildman–Crippen LogP) is 4.82. The molecule has 6 heteroatoms. The van der Waals surface area contributed by atoms with E-state index in [1.807, 2.05) is 55.4 Å². The smallest absolute Gasteiger partial charge is 0.416 e. The monoisotopic (exact) mass is 357 g/mol. The van der Waals surface area contributed by atoms with E-state index in [0.29, 0.717) is 5.69 Å². The summed E-state index contributed by atoms with van der Waals surface area (Å²) in [4.78, 5) is 1.87. The van der Waals surface area contributed by atoms with Gasteiger partial charge in [-0.25, -0.2) is 0 Å². The highest BCUT2D eigenvalue weighted by Gasteiger charge is 2.30. The van der Waals surface area contributed by atoms with Gasteiger partial charge < -0.3 is 9.64 Å². The first-order valence-electron chi connectivity index (χ1n) is 8.26. The maximum atomic E-state index is 12.7. The average Bonchev–Trinajstić information content (AvgIpc) is 2.61. The summed E-state index contributed by atoms with van der Waals surface area (Å²) in [5.41, 5.74) is 3.45. The van der Waals surface area contributed by atoms with Crippen molar-refractivity contribution in [3.63, 3.8) is 0 Å². The third-order valence-electron chi connectivity index (χ3n) is 4.54. The molecule has 0 bridgehead atoms. The minimum absolute atomic E-state index is 0.145. The number of hydrogen-bond donors (Lipinski definition) is 0. The van der Waals surface area contributed by atoms with E-state index in [0.717, 1.165) is 34.3 Å². The van der Waals surface area contributed by atoms with E-state index in [9.17, 15) is 13.2 Å². The molecule has 0 saturated heterocycles. The van der Waals surface area contributed by atoms with E-state index < -0.39 is 11.7 Å². The Morgan fingerprint density at radius 1 is 0.846 bits per heavy atom. The highest BCUT2D eigenvalue weighted by atomic mass is 19.4. The second-order valence-electron chi connectivity index (χ2n) is 6.40. The normalized spacial score (nSPS) is 14.8. The van der Waals surface area contributed by atoms with Gasteiger partial charge in [0.15, 0.2) is 0 Å². The zero-order valence-electron chi connectivity index (χ0n) is 14.8. The standard InChI is InChI=1S/C20H19BF3NO/c1-14-12-25(18-8-4-16(5-9-18)20(22,23)24)13-15(2)21(14)17-6-10-19(26-3)11-7-17/h4-13H,1-3H3. The molecule has 2 aromatic carbocycles. The third kappa shape index (κ3) is 3.64. The molecular weight excluding hydrogens is 338 g/mol. The lowest BCUT2D eigenvalue weighted by Crippen LogP contribution is -2.37. The van der Waals surface area contributed by atoms with Crippen LogP contribution in [0.25, 0.3) is 0 Å². The minimum atomic E-state index is -4.32. The summed E-state index contributed by atoms with van der Waals surface area (Å²) in [7, 11) is 1.63. The van der Waals surface area contributed by atoms with E-state index in [4.69, 9.17) is 4.74 Å². The van der Waals surface area contributed by atoms with Crippen LogP contribution in [0.3, 0.4) is 0 Å². The number of rotatable bonds is 3. The maximum absolute atomic E-state index is 12.7. The van der Waals surface area contributed by atoms with Gasteiger partial charge in [-0.05, 0) is 62.6 Å². The molecule has 1 heterocycles. The van der Waals surface area contributed by atoms with E-state index in [1.165, 1.54) is 12.1 Å². The molecule has 134 valence electrons. The van der Waals surface area contributed by atoms with Crippen LogP contribution in [0, 0.1) is 0 Å². The van der Waals surface area contributed by atoms with Gasteiger partial charge in [0.2, 0.25) is 6.71 Å². The fraction of sp³-hybridized carbons (Fsp3) is 0.200. The highest BCUT2D eigenvalue weighted by molar-refractivity contribution is 6.85. The molecule has 1 aliphatic heterocycles. The molecule has 0 aliphatic carbocycles. The van der Waals surface area contributed by atoms with Crippen molar-refractivity contribution in [2.45, 2.75) is 20.0 Å². The van der Waals surface area contributed by atoms with Gasteiger partial charge in [-0.2, -0.15) is 13.2 Å². The van der Waals surface area contributed by atoms with Gasteiger partial charge in [0, 0.05) is 5.69 Å². The molecule has 1 aliphatic rings. The zero-order valence-corrected chi connectivity index (χ0v) is 14.8. The van der Waals surface area contributed by atoms with Crippen LogP contribution in [0.1, 0.15) is 19.4 Å². The Bertz CT molecular complexity index is 819. The Morgan fingerprint density at radius 2 is 1.38 bits per heavy atom. The predicted molar refractivity (Wildman–Crippen MR) is 99.8 cm³/mol. The number of halogens is 3. The number of ether oxygens (including phenoxy) is 1. The van der Waals surface area contributed by atoms with Crippen LogP contribution in [0.4, 0.5) is 18.9 Å². The number of methoxy groups -OCH3 is 1. The highest BCUT2D eigenvalue weighted by Crippen LogP contribution is 2.31. The van der Waals surface area contributed by atoms with Crippen molar-refractivity contribution >= 4 is 17.9 Å². The van der Waals surface area contributed by atoms with Crippen LogP contribution < -0.4 is 15.1 Å². The molecule has 0 atom stereocenters. The Morgan fingerprint density at radius 3 is 1.85 bits per heavy atom. The Balaban J connectivity index is 1.86. The Hall–Kier alpha value is -2.63. The lowest BCUT2D eigenvalue weighted by molar-refractivity contribution is -0.137. The van der Waals surface area contributed by atoms with Crippen molar-refractivity contribution in [2.75, 3.05) is 12.0 Å². The van der Waals surface area contributed by atoms with Crippen molar-refractivity contribution in [3.05, 3.63) is 77.4 Å². The molecule has 2 nitrogen and oxygen atoms in total. The van der Waals surface area contributed by atoms with E-state index in [-0.39, 0.29) is 6.71 Å². The Labute approximate surface area is 151 Å². The van der Waals surface area contributed by atoms with Crippen molar-refractivity contribution in [1.82, 2.24) is 0 Å². The minimum Gasteiger partial charge on any atom is -0.497 e. The van der Waals surface area contributed by atoms with Crippen molar-refractivity contribution in [3.8, 4) is 5.75 Å². The molecule has 0 N–H and O–H groups in total. The fourth-order valence-corrected chi connectivity index (χ4v) is 3.28. The van der Waals surface area contributed by atoms with Crippen LogP contribution in [0.2, 0.25) is 0 Å². The topological polar surface area (TPSA) is 12.5 Å². The zero-order chi connectivity index (χ0) is 18.9. The number of allylic oxidation sites excluding steroid dienone is 2. The van der Waals surface area contributed by atoms with E-state index >= 15 is 0 Å². The fourth-order valence-electron chi connectivity index (χ4n) is 3.28. The summed E-state index contributed by atoms with van der Waals surface area (Å²) in [6.45, 7) is 4.21. The van der Waals surface area contributed by atoms with Gasteiger partial charge in [0.1, 0.15) is 5.75 Å². The lowest BCUT2D eigenvalue weighted by atomic mass is 9.36. The summed E-state index contributed by atoms with van der Waals surface area (Å²) in [6.07, 6.45) is -0.396. The van der Waals surface area contributed by atoms with Gasteiger partial charge in [-0.1, -0.05) is 28.5 Å². The van der Waals surface area contributed by atoms with Crippen molar-refractivity contribution < 1.29 is 17.9 Å². The molecule has 0 spiro atoms. The van der Waals surface area contributed by atoms with E-state index in [1.54, 1.807) is 7.11 Å². The summed E-state index contributed by atoms with van der Waals surface area (Å²) >= 11 is 0. The lowest BCUT2D eigenvalue weighted by Gasteiger charge is -2.28. The first-order chi connectivity index (χ1) is 12.3. The molecule has 3 rings (SSSR count). The van der Waals surface area contributed by atoms with Gasteiger partial charge in [0.25, 0.3) is 0 Å². The first kappa shape index (κ1) is 18.2. The molecule has 0 aromatic heterocycles. The third-order valence-corrected chi connectivity index (χ3v) is 4.54. The SMILES string of the molecule is COc1ccc(B2C(C)=CN(c3ccc(C(F)(F)F)cc3)C=C2C)cc1. The van der Waals surface area contributed by atoms with Gasteiger partial charge in [0.05, 0.1) is 12.7 Å². The second-order valence-corrected chi connectivity index (χ2v) is 6.40. The maximum Gasteiger partial charge on any atom is 0.416 e. The van der Waals surface area contributed by atoms with Crippen LogP contribution in [-0.2, 0) is 6.18 Å². The largest absolute Gasteiger partial charge is 0.497 e. The Kier molecular flexibility index (Phi) is 4.85. The molecule has 0 unspecified atom stereocenters. The molecule has 2 aromatic rings.